The number of rotatable bonds is 7. The lowest BCUT2D eigenvalue weighted by atomic mass is 10.1. The number of hydrogen-bond acceptors (Lipinski definition) is 4. The average molecular weight is 242 g/mol. The van der Waals surface area contributed by atoms with E-state index in [0.717, 1.165) is 12.8 Å². The Morgan fingerprint density at radius 3 is 2.65 bits per heavy atom. The summed E-state index contributed by atoms with van der Waals surface area (Å²) in [7, 11) is 3.30. The van der Waals surface area contributed by atoms with Crippen LogP contribution in [-0.4, -0.2) is 50.1 Å². The fourth-order valence-corrected chi connectivity index (χ4v) is 1.65. The Labute approximate surface area is 102 Å². The molecular formula is C12H22N2O3. The van der Waals surface area contributed by atoms with Gasteiger partial charge in [-0.2, -0.15) is 0 Å². The van der Waals surface area contributed by atoms with Crippen LogP contribution in [0, 0.1) is 5.92 Å². The largest absolute Gasteiger partial charge is 0.469 e. The first kappa shape index (κ1) is 14.0. The molecule has 1 unspecified atom stereocenters. The summed E-state index contributed by atoms with van der Waals surface area (Å²) >= 11 is 0. The van der Waals surface area contributed by atoms with Crippen LogP contribution in [0.3, 0.4) is 0 Å². The van der Waals surface area contributed by atoms with Gasteiger partial charge in [-0.25, -0.2) is 0 Å². The molecule has 1 aliphatic rings. The molecule has 0 aromatic heterocycles. The highest BCUT2D eigenvalue weighted by atomic mass is 16.5. The Morgan fingerprint density at radius 1 is 1.47 bits per heavy atom. The molecule has 1 saturated carbocycles. The van der Waals surface area contributed by atoms with Gasteiger partial charge in [0, 0.05) is 25.6 Å². The second-order valence-electron chi connectivity index (χ2n) is 4.78. The maximum atomic E-state index is 11.4. The number of esters is 1. The van der Waals surface area contributed by atoms with Crippen molar-refractivity contribution in [2.45, 2.75) is 32.2 Å². The van der Waals surface area contributed by atoms with E-state index in [1.807, 2.05) is 18.9 Å². The monoisotopic (exact) mass is 242 g/mol. The number of nitrogens with zero attached hydrogens (tertiary/aromatic N) is 1. The topological polar surface area (TPSA) is 58.6 Å². The number of carbonyl (C=O) groups is 2. The molecule has 0 bridgehead atoms. The van der Waals surface area contributed by atoms with Gasteiger partial charge in [-0.3, -0.25) is 9.59 Å². The summed E-state index contributed by atoms with van der Waals surface area (Å²) in [4.78, 5) is 24.6. The molecule has 5 nitrogen and oxygen atoms in total. The molecule has 0 aromatic rings. The van der Waals surface area contributed by atoms with Crippen LogP contribution < -0.4 is 5.32 Å². The first-order valence-corrected chi connectivity index (χ1v) is 6.08. The van der Waals surface area contributed by atoms with Gasteiger partial charge < -0.3 is 15.0 Å². The smallest absolute Gasteiger partial charge is 0.309 e. The van der Waals surface area contributed by atoms with Crippen LogP contribution in [0.4, 0.5) is 0 Å². The van der Waals surface area contributed by atoms with Gasteiger partial charge in [0.15, 0.2) is 0 Å². The fourth-order valence-electron chi connectivity index (χ4n) is 1.65. The highest BCUT2D eigenvalue weighted by Crippen LogP contribution is 2.18. The summed E-state index contributed by atoms with van der Waals surface area (Å²) in [6.45, 7) is 3.11. The van der Waals surface area contributed by atoms with Gasteiger partial charge in [-0.05, 0) is 19.9 Å². The lowest BCUT2D eigenvalue weighted by molar-refractivity contribution is -0.145. The van der Waals surface area contributed by atoms with E-state index in [-0.39, 0.29) is 17.8 Å². The van der Waals surface area contributed by atoms with Crippen molar-refractivity contribution in [1.29, 1.82) is 0 Å². The summed E-state index contributed by atoms with van der Waals surface area (Å²) in [6.07, 6.45) is 2.71. The summed E-state index contributed by atoms with van der Waals surface area (Å²) in [5, 5.41) is 2.94. The summed E-state index contributed by atoms with van der Waals surface area (Å²) in [5.41, 5.74) is 0. The van der Waals surface area contributed by atoms with Gasteiger partial charge in [0.2, 0.25) is 5.91 Å². The van der Waals surface area contributed by atoms with E-state index < -0.39 is 0 Å². The molecule has 0 spiro atoms. The molecule has 1 N–H and O–H groups in total. The van der Waals surface area contributed by atoms with Crippen molar-refractivity contribution in [1.82, 2.24) is 10.2 Å². The van der Waals surface area contributed by atoms with Gasteiger partial charge in [-0.1, -0.05) is 6.92 Å². The molecule has 1 rings (SSSR count). The van der Waals surface area contributed by atoms with Crippen molar-refractivity contribution in [3.05, 3.63) is 0 Å². The Morgan fingerprint density at radius 2 is 2.12 bits per heavy atom. The minimum atomic E-state index is -0.209. The summed E-state index contributed by atoms with van der Waals surface area (Å²) in [5.74, 6) is -0.263. The van der Waals surface area contributed by atoms with Crippen LogP contribution in [0.5, 0.6) is 0 Å². The maximum Gasteiger partial charge on any atom is 0.309 e. The summed E-state index contributed by atoms with van der Waals surface area (Å²) in [6, 6.07) is 0.418. The van der Waals surface area contributed by atoms with Gasteiger partial charge in [0.05, 0.1) is 13.0 Å². The average Bonchev–Trinajstić information content (AvgIpc) is 3.09. The molecule has 5 heteroatoms. The Bertz CT molecular complexity index is 277. The minimum Gasteiger partial charge on any atom is -0.469 e. The van der Waals surface area contributed by atoms with Crippen LogP contribution in [0.1, 0.15) is 26.2 Å². The van der Waals surface area contributed by atoms with Crippen LogP contribution in [-0.2, 0) is 14.3 Å². The number of methoxy groups -OCH3 is 1. The molecule has 0 aromatic carbocycles. The molecule has 1 atom stereocenters. The van der Waals surface area contributed by atoms with E-state index in [9.17, 15) is 9.59 Å². The van der Waals surface area contributed by atoms with E-state index in [1.165, 1.54) is 7.11 Å². The SMILES string of the molecule is COC(=O)C(C)CN(C)CCC(=O)NC1CC1. The molecule has 98 valence electrons. The van der Waals surface area contributed by atoms with Gasteiger partial charge in [-0.15, -0.1) is 0 Å². The number of nitrogens with one attached hydrogen (secondary N) is 1. The highest BCUT2D eigenvalue weighted by molar-refractivity contribution is 5.76. The molecule has 17 heavy (non-hydrogen) atoms. The van der Waals surface area contributed by atoms with E-state index in [4.69, 9.17) is 0 Å². The Balaban J connectivity index is 2.12. The number of carbonyl (C=O) groups excluding carboxylic acids is 2. The molecule has 0 radical (unpaired) electrons. The number of amides is 1. The second-order valence-corrected chi connectivity index (χ2v) is 4.78. The first-order chi connectivity index (χ1) is 8.02. The standard InChI is InChI=1S/C12H22N2O3/c1-9(12(16)17-3)8-14(2)7-6-11(15)13-10-4-5-10/h9-10H,4-8H2,1-3H3,(H,13,15). The zero-order valence-corrected chi connectivity index (χ0v) is 10.9. The van der Waals surface area contributed by atoms with Crippen molar-refractivity contribution in [2.24, 2.45) is 5.92 Å². The van der Waals surface area contributed by atoms with E-state index >= 15 is 0 Å². The third kappa shape index (κ3) is 5.68. The molecule has 1 aliphatic carbocycles. The van der Waals surface area contributed by atoms with Crippen molar-refractivity contribution < 1.29 is 14.3 Å². The molecule has 0 aliphatic heterocycles. The molecule has 1 fully saturated rings. The predicted octanol–water partition coefficient (Wildman–Crippen LogP) is 0.396. The van der Waals surface area contributed by atoms with E-state index in [1.54, 1.807) is 0 Å². The van der Waals surface area contributed by atoms with E-state index in [2.05, 4.69) is 10.1 Å². The molecule has 0 saturated heterocycles. The normalized spacial score (nSPS) is 16.7. The lowest BCUT2D eigenvalue weighted by Gasteiger charge is -2.19. The first-order valence-electron chi connectivity index (χ1n) is 6.08. The van der Waals surface area contributed by atoms with Crippen molar-refractivity contribution in [3.63, 3.8) is 0 Å². The zero-order valence-electron chi connectivity index (χ0n) is 10.9. The van der Waals surface area contributed by atoms with Gasteiger partial charge in [0.1, 0.15) is 0 Å². The third-order valence-electron chi connectivity index (χ3n) is 2.85. The Hall–Kier alpha value is -1.10. The van der Waals surface area contributed by atoms with E-state index in [0.29, 0.717) is 25.6 Å². The number of hydrogen-bond donors (Lipinski definition) is 1. The van der Waals surface area contributed by atoms with Crippen molar-refractivity contribution in [3.8, 4) is 0 Å². The van der Waals surface area contributed by atoms with Crippen LogP contribution in [0.25, 0.3) is 0 Å². The van der Waals surface area contributed by atoms with Gasteiger partial charge in [0.25, 0.3) is 0 Å². The van der Waals surface area contributed by atoms with Crippen molar-refractivity contribution >= 4 is 11.9 Å². The van der Waals surface area contributed by atoms with Crippen molar-refractivity contribution in [2.75, 3.05) is 27.2 Å². The number of ether oxygens (including phenoxy) is 1. The quantitative estimate of drug-likeness (QED) is 0.656. The maximum absolute atomic E-state index is 11.4. The summed E-state index contributed by atoms with van der Waals surface area (Å²) < 4.78 is 4.65. The molecular weight excluding hydrogens is 220 g/mol. The van der Waals surface area contributed by atoms with Gasteiger partial charge >= 0.3 is 5.97 Å². The van der Waals surface area contributed by atoms with Crippen LogP contribution >= 0.6 is 0 Å². The molecule has 1 amide bonds. The minimum absolute atomic E-state index is 0.102. The third-order valence-corrected chi connectivity index (χ3v) is 2.85. The lowest BCUT2D eigenvalue weighted by Crippen LogP contribution is -2.33. The Kier molecular flexibility index (Phi) is 5.41. The second kappa shape index (κ2) is 6.59. The van der Waals surface area contributed by atoms with Crippen LogP contribution in [0.15, 0.2) is 0 Å². The fraction of sp³-hybridized carbons (Fsp3) is 0.833. The predicted molar refractivity (Wildman–Crippen MR) is 64.5 cm³/mol. The highest BCUT2D eigenvalue weighted by Gasteiger charge is 2.23. The zero-order chi connectivity index (χ0) is 12.8. The molecule has 0 heterocycles. The van der Waals surface area contributed by atoms with Crippen LogP contribution in [0.2, 0.25) is 0 Å².